The molecule has 132 valence electrons. The van der Waals surface area contributed by atoms with E-state index in [0.717, 1.165) is 0 Å². The van der Waals surface area contributed by atoms with Crippen LogP contribution < -0.4 is 15.2 Å². The number of oxime groups is 1. The molecule has 0 aliphatic carbocycles. The first-order valence-electron chi connectivity index (χ1n) is 8.08. The van der Waals surface area contributed by atoms with E-state index in [1.165, 1.54) is 12.3 Å². The van der Waals surface area contributed by atoms with E-state index in [-0.39, 0.29) is 11.6 Å². The lowest BCUT2D eigenvalue weighted by Gasteiger charge is -2.17. The molecular formula is C19H24N2O3Si. The van der Waals surface area contributed by atoms with Crippen LogP contribution in [0.15, 0.2) is 53.7 Å². The number of benzene rings is 2. The number of hydrogen-bond acceptors (Lipinski definition) is 4. The van der Waals surface area contributed by atoms with Crippen LogP contribution in [0, 0.1) is 0 Å². The van der Waals surface area contributed by atoms with Gasteiger partial charge in [0.2, 0.25) is 0 Å². The molecule has 0 aliphatic heterocycles. The van der Waals surface area contributed by atoms with Gasteiger partial charge in [-0.15, -0.1) is 0 Å². The van der Waals surface area contributed by atoms with E-state index < -0.39 is 8.07 Å². The molecule has 2 aromatic rings. The van der Waals surface area contributed by atoms with Gasteiger partial charge in [0.15, 0.2) is 5.71 Å². The first kappa shape index (κ1) is 18.7. The number of carbonyl (C=O) groups is 1. The summed E-state index contributed by atoms with van der Waals surface area (Å²) in [7, 11) is 1.60. The van der Waals surface area contributed by atoms with Gasteiger partial charge in [-0.2, -0.15) is 0 Å². The van der Waals surface area contributed by atoms with Gasteiger partial charge in [0.1, 0.15) is 18.6 Å². The zero-order chi connectivity index (χ0) is 18.4. The van der Waals surface area contributed by atoms with Crippen LogP contribution in [0.1, 0.15) is 5.56 Å². The number of rotatable bonds is 6. The van der Waals surface area contributed by atoms with Crippen molar-refractivity contribution in [1.82, 2.24) is 5.32 Å². The maximum atomic E-state index is 12.1. The molecule has 0 atom stereocenters. The Labute approximate surface area is 149 Å². The molecule has 1 amide bonds. The van der Waals surface area contributed by atoms with Gasteiger partial charge in [0.05, 0.1) is 13.6 Å². The quantitative estimate of drug-likeness (QED) is 0.491. The minimum atomic E-state index is -1.35. The van der Waals surface area contributed by atoms with Crippen LogP contribution >= 0.6 is 0 Å². The maximum Gasteiger partial charge on any atom is 0.273 e. The van der Waals surface area contributed by atoms with Crippen LogP contribution in [-0.2, 0) is 9.63 Å². The summed E-state index contributed by atoms with van der Waals surface area (Å²) in [5.74, 6) is 0.915. The molecule has 6 heteroatoms. The van der Waals surface area contributed by atoms with Gasteiger partial charge in [-0.25, -0.2) is 0 Å². The van der Waals surface area contributed by atoms with E-state index in [1.54, 1.807) is 19.2 Å². The molecule has 0 radical (unpaired) electrons. The normalized spacial score (nSPS) is 11.8. The molecule has 0 aromatic heterocycles. The molecule has 0 saturated carbocycles. The van der Waals surface area contributed by atoms with Crippen molar-refractivity contribution >= 4 is 24.9 Å². The van der Waals surface area contributed by atoms with Crippen LogP contribution in [0.5, 0.6) is 11.5 Å². The number of ether oxygens (including phenoxy) is 1. The molecule has 0 aliphatic rings. The molecule has 0 saturated heterocycles. The third-order valence-electron chi connectivity index (χ3n) is 3.72. The average Bonchev–Trinajstić information content (AvgIpc) is 2.59. The number of amides is 1. The van der Waals surface area contributed by atoms with E-state index in [1.807, 2.05) is 24.3 Å². The highest BCUT2D eigenvalue weighted by atomic mass is 28.3. The maximum absolute atomic E-state index is 12.1. The fourth-order valence-electron chi connectivity index (χ4n) is 2.32. The second-order valence-corrected chi connectivity index (χ2v) is 11.7. The first-order valence-corrected chi connectivity index (χ1v) is 11.6. The summed E-state index contributed by atoms with van der Waals surface area (Å²) in [6.45, 7) is 6.90. The van der Waals surface area contributed by atoms with Crippen molar-refractivity contribution in [2.75, 3.05) is 14.2 Å². The summed E-state index contributed by atoms with van der Waals surface area (Å²) in [5.41, 5.74) is 0.734. The first-order chi connectivity index (χ1) is 11.9. The Morgan fingerprint density at radius 2 is 1.68 bits per heavy atom. The SMILES string of the molecule is CNC(=O)/C(=N/OC)c1ccccc1Oc1ccc([Si](C)(C)C)cc1. The van der Waals surface area contributed by atoms with Gasteiger partial charge in [0.25, 0.3) is 5.91 Å². The summed E-state index contributed by atoms with van der Waals surface area (Å²) in [5, 5.41) is 7.77. The number of nitrogens with one attached hydrogen (secondary N) is 1. The number of likely N-dealkylation sites (N-methyl/N-ethyl adjacent to an activating group) is 1. The average molecular weight is 356 g/mol. The molecule has 0 bridgehead atoms. The summed E-state index contributed by atoms with van der Waals surface area (Å²) in [6.07, 6.45) is 0. The molecule has 2 aromatic carbocycles. The van der Waals surface area contributed by atoms with Crippen molar-refractivity contribution in [3.8, 4) is 11.5 Å². The smallest absolute Gasteiger partial charge is 0.273 e. The lowest BCUT2D eigenvalue weighted by Crippen LogP contribution is -2.37. The number of carbonyl (C=O) groups excluding carboxylic acids is 1. The lowest BCUT2D eigenvalue weighted by atomic mass is 10.1. The van der Waals surface area contributed by atoms with E-state index in [0.29, 0.717) is 17.1 Å². The van der Waals surface area contributed by atoms with E-state index >= 15 is 0 Å². The van der Waals surface area contributed by atoms with Gasteiger partial charge in [0, 0.05) is 7.05 Å². The van der Waals surface area contributed by atoms with E-state index in [9.17, 15) is 4.79 Å². The summed E-state index contributed by atoms with van der Waals surface area (Å²) < 4.78 is 6.00. The third-order valence-corrected chi connectivity index (χ3v) is 5.78. The van der Waals surface area contributed by atoms with Crippen molar-refractivity contribution < 1.29 is 14.4 Å². The number of nitrogens with zero attached hydrogens (tertiary/aromatic N) is 1. The number of hydrogen-bond donors (Lipinski definition) is 1. The van der Waals surface area contributed by atoms with Crippen LogP contribution in [0.4, 0.5) is 0 Å². The highest BCUT2D eigenvalue weighted by Crippen LogP contribution is 2.26. The molecule has 0 fully saturated rings. The van der Waals surface area contributed by atoms with Crippen LogP contribution in [0.25, 0.3) is 0 Å². The fourth-order valence-corrected chi connectivity index (χ4v) is 3.49. The standard InChI is InChI=1S/C19H24N2O3Si/c1-20-19(22)18(21-23-2)16-8-6-7-9-17(16)24-14-10-12-15(13-11-14)25(3,4)5/h6-13H,1-5H3,(H,20,22)/b21-18+. The summed E-state index contributed by atoms with van der Waals surface area (Å²) in [4.78, 5) is 16.9. The molecule has 0 spiro atoms. The zero-order valence-electron chi connectivity index (χ0n) is 15.3. The molecule has 0 heterocycles. The van der Waals surface area contributed by atoms with Crippen LogP contribution in [0.2, 0.25) is 19.6 Å². The Morgan fingerprint density at radius 3 is 2.24 bits per heavy atom. The summed E-state index contributed by atoms with van der Waals surface area (Å²) in [6, 6.07) is 15.4. The van der Waals surface area contributed by atoms with E-state index in [4.69, 9.17) is 9.57 Å². The van der Waals surface area contributed by atoms with Crippen LogP contribution in [0.3, 0.4) is 0 Å². The molecule has 0 unspecified atom stereocenters. The zero-order valence-corrected chi connectivity index (χ0v) is 16.3. The number of para-hydroxylation sites is 1. The predicted octanol–water partition coefficient (Wildman–Crippen LogP) is 3.12. The molecule has 1 N–H and O–H groups in total. The molecule has 25 heavy (non-hydrogen) atoms. The molecular weight excluding hydrogens is 332 g/mol. The van der Waals surface area contributed by atoms with Crippen molar-refractivity contribution in [3.05, 3.63) is 54.1 Å². The van der Waals surface area contributed by atoms with Gasteiger partial charge in [-0.05, 0) is 24.3 Å². The fraction of sp³-hybridized carbons (Fsp3) is 0.263. The Hall–Kier alpha value is -2.60. The Kier molecular flexibility index (Phi) is 5.98. The topological polar surface area (TPSA) is 59.9 Å². The Balaban J connectivity index is 2.35. The van der Waals surface area contributed by atoms with Crippen molar-refractivity contribution in [1.29, 1.82) is 0 Å². The highest BCUT2D eigenvalue weighted by molar-refractivity contribution is 6.88. The molecule has 5 nitrogen and oxygen atoms in total. The minimum absolute atomic E-state index is 0.166. The third kappa shape index (κ3) is 4.70. The van der Waals surface area contributed by atoms with Crippen molar-refractivity contribution in [2.24, 2.45) is 5.16 Å². The highest BCUT2D eigenvalue weighted by Gasteiger charge is 2.19. The Morgan fingerprint density at radius 1 is 1.04 bits per heavy atom. The Bertz CT molecular complexity index is 765. The lowest BCUT2D eigenvalue weighted by molar-refractivity contribution is -0.114. The molecule has 2 rings (SSSR count). The predicted molar refractivity (Wildman–Crippen MR) is 104 cm³/mol. The monoisotopic (exact) mass is 356 g/mol. The summed E-state index contributed by atoms with van der Waals surface area (Å²) >= 11 is 0. The van der Waals surface area contributed by atoms with Crippen molar-refractivity contribution in [3.63, 3.8) is 0 Å². The largest absolute Gasteiger partial charge is 0.457 e. The second kappa shape index (κ2) is 7.98. The van der Waals surface area contributed by atoms with Gasteiger partial charge in [-0.3, -0.25) is 4.79 Å². The van der Waals surface area contributed by atoms with Crippen molar-refractivity contribution in [2.45, 2.75) is 19.6 Å². The van der Waals surface area contributed by atoms with Gasteiger partial charge in [-0.1, -0.05) is 54.2 Å². The van der Waals surface area contributed by atoms with E-state index in [2.05, 4.69) is 42.2 Å². The minimum Gasteiger partial charge on any atom is -0.457 e. The van der Waals surface area contributed by atoms with Gasteiger partial charge < -0.3 is 14.9 Å². The van der Waals surface area contributed by atoms with Crippen LogP contribution in [-0.4, -0.2) is 33.9 Å². The second-order valence-electron chi connectivity index (χ2n) is 6.57. The van der Waals surface area contributed by atoms with Gasteiger partial charge >= 0.3 is 0 Å².